The molecule has 0 spiro atoms. The van der Waals surface area contributed by atoms with Gasteiger partial charge in [0.15, 0.2) is 5.43 Å². The maximum absolute atomic E-state index is 16.5. The molecule has 13 heteroatoms. The fraction of sp³-hybridized carbons (Fsp3) is 0.174. The van der Waals surface area contributed by atoms with Crippen LogP contribution in [0.25, 0.3) is 22.0 Å². The molecule has 0 fully saturated rings. The lowest BCUT2D eigenvalue weighted by Crippen LogP contribution is -2.30. The first-order chi connectivity index (χ1) is 16.9. The van der Waals surface area contributed by atoms with E-state index in [9.17, 15) is 31.9 Å². The SMILES string of the molecule is O=c1[nH]c(=O)n2c3c4c(c(C(F)(F)F)cc13)-c1cc(Cl)c(F)cc1S4(F)CCC2.O=c1cc[nH]cc1. The van der Waals surface area contributed by atoms with Gasteiger partial charge in [-0.2, -0.15) is 17.1 Å². The summed E-state index contributed by atoms with van der Waals surface area (Å²) < 4.78 is 73.5. The van der Waals surface area contributed by atoms with Gasteiger partial charge < -0.3 is 4.98 Å². The van der Waals surface area contributed by atoms with Gasteiger partial charge in [-0.1, -0.05) is 11.6 Å². The van der Waals surface area contributed by atoms with Crippen LogP contribution in [0, 0.1) is 5.82 Å². The van der Waals surface area contributed by atoms with Gasteiger partial charge in [-0.05, 0) is 40.6 Å². The minimum Gasteiger partial charge on any atom is -0.367 e. The van der Waals surface area contributed by atoms with E-state index in [-0.39, 0.29) is 45.0 Å². The third kappa shape index (κ3) is 3.66. The zero-order valence-corrected chi connectivity index (χ0v) is 19.6. The molecule has 0 radical (unpaired) electrons. The van der Waals surface area contributed by atoms with Crippen molar-refractivity contribution in [1.82, 2.24) is 14.5 Å². The van der Waals surface area contributed by atoms with Crippen LogP contribution in [0.2, 0.25) is 5.02 Å². The Labute approximate surface area is 205 Å². The largest absolute Gasteiger partial charge is 0.417 e. The van der Waals surface area contributed by atoms with Crippen LogP contribution in [0.5, 0.6) is 0 Å². The maximum atomic E-state index is 16.5. The predicted molar refractivity (Wildman–Crippen MR) is 126 cm³/mol. The number of fused-ring (bicyclic) bond motifs is 3. The van der Waals surface area contributed by atoms with Crippen LogP contribution in [-0.4, -0.2) is 20.3 Å². The molecule has 4 aromatic rings. The Morgan fingerprint density at radius 3 is 2.36 bits per heavy atom. The number of benzene rings is 2. The first kappa shape index (κ1) is 24.3. The van der Waals surface area contributed by atoms with Crippen molar-refractivity contribution in [3.05, 3.63) is 90.2 Å². The van der Waals surface area contributed by atoms with Crippen molar-refractivity contribution in [1.29, 1.82) is 0 Å². The number of alkyl halides is 3. The van der Waals surface area contributed by atoms with Crippen molar-refractivity contribution < 1.29 is 21.4 Å². The molecule has 6 nitrogen and oxygen atoms in total. The lowest BCUT2D eigenvalue weighted by molar-refractivity contribution is -0.137. The number of H-pyrrole nitrogens is 2. The van der Waals surface area contributed by atoms with Crippen LogP contribution in [-0.2, 0) is 12.7 Å². The van der Waals surface area contributed by atoms with Crippen molar-refractivity contribution >= 4 is 32.9 Å². The Morgan fingerprint density at radius 1 is 1.06 bits per heavy atom. The number of nitrogens with zero attached hydrogens (tertiary/aromatic N) is 1. The minimum absolute atomic E-state index is 0.0218. The molecule has 0 saturated heterocycles. The van der Waals surface area contributed by atoms with E-state index in [4.69, 9.17) is 11.6 Å². The van der Waals surface area contributed by atoms with E-state index in [0.717, 1.165) is 16.7 Å². The average molecular weight is 544 g/mol. The fourth-order valence-electron chi connectivity index (χ4n) is 4.55. The zero-order valence-electron chi connectivity index (χ0n) is 18.0. The Morgan fingerprint density at radius 2 is 1.75 bits per heavy atom. The molecular weight excluding hydrogens is 529 g/mol. The number of rotatable bonds is 0. The molecule has 1 atom stereocenters. The highest BCUT2D eigenvalue weighted by molar-refractivity contribution is 8.30. The second-order valence-corrected chi connectivity index (χ2v) is 11.1. The highest BCUT2D eigenvalue weighted by Gasteiger charge is 2.48. The predicted octanol–water partition coefficient (Wildman–Crippen LogP) is 5.37. The van der Waals surface area contributed by atoms with Gasteiger partial charge in [-0.3, -0.25) is 19.1 Å². The number of aromatic amines is 2. The lowest BCUT2D eigenvalue weighted by Gasteiger charge is -2.27. The number of hydrogen-bond donors (Lipinski definition) is 2. The molecule has 36 heavy (non-hydrogen) atoms. The summed E-state index contributed by atoms with van der Waals surface area (Å²) in [5.41, 5.74) is -3.82. The van der Waals surface area contributed by atoms with Crippen molar-refractivity contribution in [3.63, 3.8) is 0 Å². The molecule has 2 aromatic carbocycles. The molecule has 0 aliphatic carbocycles. The molecule has 188 valence electrons. The Hall–Kier alpha value is -3.38. The van der Waals surface area contributed by atoms with Crippen LogP contribution in [0.3, 0.4) is 0 Å². The second-order valence-electron chi connectivity index (χ2n) is 8.14. The van der Waals surface area contributed by atoms with Gasteiger partial charge in [-0.25, -0.2) is 9.18 Å². The van der Waals surface area contributed by atoms with Crippen molar-refractivity contribution in [3.8, 4) is 11.1 Å². The number of aromatic nitrogens is 3. The van der Waals surface area contributed by atoms with E-state index in [1.165, 1.54) is 12.1 Å². The third-order valence-corrected chi connectivity index (χ3v) is 9.22. The molecule has 6 rings (SSSR count). The van der Waals surface area contributed by atoms with Crippen LogP contribution < -0.4 is 16.7 Å². The van der Waals surface area contributed by atoms with E-state index < -0.39 is 55.2 Å². The number of pyridine rings is 1. The molecule has 2 aromatic heterocycles. The summed E-state index contributed by atoms with van der Waals surface area (Å²) in [5, 5.41) is -0.863. The summed E-state index contributed by atoms with van der Waals surface area (Å²) in [6.07, 6.45) is -1.58. The van der Waals surface area contributed by atoms with Gasteiger partial charge in [0.1, 0.15) is 5.82 Å². The molecule has 2 aliphatic rings. The van der Waals surface area contributed by atoms with Crippen molar-refractivity contribution in [2.24, 2.45) is 0 Å². The Bertz CT molecular complexity index is 1710. The summed E-state index contributed by atoms with van der Waals surface area (Å²) in [6, 6.07) is 5.39. The lowest BCUT2D eigenvalue weighted by atomic mass is 9.97. The molecule has 0 saturated carbocycles. The number of hydrogen-bond acceptors (Lipinski definition) is 3. The van der Waals surface area contributed by atoms with Crippen LogP contribution >= 0.6 is 22.0 Å². The summed E-state index contributed by atoms with van der Waals surface area (Å²) in [7, 11) is -3.61. The van der Waals surface area contributed by atoms with Crippen molar-refractivity contribution in [2.75, 3.05) is 5.75 Å². The van der Waals surface area contributed by atoms with Gasteiger partial charge in [-0.15, -0.1) is 0 Å². The van der Waals surface area contributed by atoms with Crippen LogP contribution in [0.4, 0.5) is 21.4 Å². The smallest absolute Gasteiger partial charge is 0.367 e. The van der Waals surface area contributed by atoms with Gasteiger partial charge in [0.25, 0.3) is 5.56 Å². The van der Waals surface area contributed by atoms with Gasteiger partial charge in [0.2, 0.25) is 0 Å². The summed E-state index contributed by atoms with van der Waals surface area (Å²) in [5.74, 6) is -1.14. The number of aryl methyl sites for hydroxylation is 1. The van der Waals surface area contributed by atoms with Crippen molar-refractivity contribution in [2.45, 2.75) is 28.9 Å². The standard InChI is InChI=1S/C18H10ClF5N2O2S.C5H5NO/c19-10-5-7-12(6-11(10)20)29(24)3-1-2-26-14-8(16(27)25-17(26)28)4-9(18(21,22)23)13(7)15(14)29;7-5-1-3-6-4-2-5/h4-6H,1-3H2,(H,25,27,28);1-4H,(H,6,7). The van der Waals surface area contributed by atoms with E-state index in [2.05, 4.69) is 4.98 Å². The van der Waals surface area contributed by atoms with E-state index in [1.807, 2.05) is 4.98 Å². The molecule has 0 amide bonds. The van der Waals surface area contributed by atoms with Crippen LogP contribution in [0.1, 0.15) is 12.0 Å². The average Bonchev–Trinajstić information content (AvgIpc) is 2.93. The maximum Gasteiger partial charge on any atom is 0.417 e. The number of nitrogens with one attached hydrogen (secondary N) is 2. The Balaban J connectivity index is 0.000000330. The zero-order chi connectivity index (χ0) is 26.0. The summed E-state index contributed by atoms with van der Waals surface area (Å²) >= 11 is 5.80. The highest BCUT2D eigenvalue weighted by Crippen LogP contribution is 2.76. The highest BCUT2D eigenvalue weighted by atomic mass is 35.5. The molecule has 2 N–H and O–H groups in total. The first-order valence-electron chi connectivity index (χ1n) is 10.5. The molecule has 1 unspecified atom stereocenters. The first-order valence-corrected chi connectivity index (χ1v) is 12.6. The molecule has 2 aliphatic heterocycles. The second kappa shape index (κ2) is 8.34. The normalized spacial score (nSPS) is 19.6. The van der Waals surface area contributed by atoms with E-state index in [0.29, 0.717) is 6.07 Å². The monoisotopic (exact) mass is 543 g/mol. The van der Waals surface area contributed by atoms with Gasteiger partial charge >= 0.3 is 11.9 Å². The third-order valence-electron chi connectivity index (χ3n) is 6.00. The van der Waals surface area contributed by atoms with Gasteiger partial charge in [0.05, 0.1) is 26.4 Å². The van der Waals surface area contributed by atoms with E-state index in [1.54, 1.807) is 12.4 Å². The topological polar surface area (TPSA) is 87.7 Å². The summed E-state index contributed by atoms with van der Waals surface area (Å²) in [6.45, 7) is 0.0218. The molecule has 4 heterocycles. The van der Waals surface area contributed by atoms with E-state index >= 15 is 3.89 Å². The quantitative estimate of drug-likeness (QED) is 0.292. The van der Waals surface area contributed by atoms with Crippen LogP contribution in [0.15, 0.2) is 66.9 Å². The van der Waals surface area contributed by atoms with Gasteiger partial charge in [0, 0.05) is 47.3 Å². The minimum atomic E-state index is -4.91. The molecular formula is C23H15ClF5N3O3S. The molecule has 0 bridgehead atoms. The Kier molecular flexibility index (Phi) is 5.63. The summed E-state index contributed by atoms with van der Waals surface area (Å²) in [4.78, 5) is 39.1. The fourth-order valence-corrected chi connectivity index (χ4v) is 7.75. The number of halogens is 6.